The highest BCUT2D eigenvalue weighted by molar-refractivity contribution is 7.91. The molecule has 0 bridgehead atoms. The number of carboxylic acid groups (broad SMARTS) is 1. The fraction of sp³-hybridized carbons (Fsp3) is 0.417. The fourth-order valence-electron chi connectivity index (χ4n) is 1.59. The van der Waals surface area contributed by atoms with Crippen molar-refractivity contribution in [2.45, 2.75) is 11.8 Å². The molecule has 1 aromatic rings. The Balaban J connectivity index is 3.18. The molecule has 0 saturated heterocycles. The van der Waals surface area contributed by atoms with Gasteiger partial charge in [-0.25, -0.2) is 21.6 Å². The van der Waals surface area contributed by atoms with Gasteiger partial charge in [0, 0.05) is 19.8 Å². The Bertz CT molecular complexity index is 752. The first-order valence-corrected chi connectivity index (χ1v) is 9.43. The molecule has 7 nitrogen and oxygen atoms in total. The number of hydrogen-bond acceptors (Lipinski definition) is 5. The molecule has 118 valence electrons. The summed E-state index contributed by atoms with van der Waals surface area (Å²) in [5, 5.41) is 8.93. The van der Waals surface area contributed by atoms with Gasteiger partial charge in [-0.3, -0.25) is 0 Å². The Morgan fingerprint density at radius 2 is 1.81 bits per heavy atom. The Morgan fingerprint density at radius 3 is 2.29 bits per heavy atom. The number of hydrogen-bond donors (Lipinski definition) is 1. The Kier molecular flexibility index (Phi) is 5.13. The van der Waals surface area contributed by atoms with Crippen LogP contribution in [0.15, 0.2) is 23.1 Å². The number of carbonyl (C=O) groups is 1. The van der Waals surface area contributed by atoms with Gasteiger partial charge in [0.15, 0.2) is 0 Å². The Hall–Kier alpha value is -1.45. The summed E-state index contributed by atoms with van der Waals surface area (Å²) in [5.41, 5.74) is 0.252. The van der Waals surface area contributed by atoms with E-state index in [4.69, 9.17) is 5.11 Å². The lowest BCUT2D eigenvalue weighted by atomic mass is 10.1. The third-order valence-electron chi connectivity index (χ3n) is 2.90. The number of rotatable bonds is 6. The third-order valence-corrected chi connectivity index (χ3v) is 5.82. The molecular formula is C12H17NO6S2. The van der Waals surface area contributed by atoms with Gasteiger partial charge >= 0.3 is 5.97 Å². The molecule has 0 spiro atoms. The third kappa shape index (κ3) is 4.51. The van der Waals surface area contributed by atoms with Crippen molar-refractivity contribution in [3.8, 4) is 0 Å². The summed E-state index contributed by atoms with van der Waals surface area (Å²) in [6, 6.07) is 3.79. The standard InChI is InChI=1S/C12H17NO6S2/c1-9-4-5-10(12(14)15)8-11(9)21(18,19)13(2)6-7-20(3,16)17/h4-5,8H,6-7H2,1-3H3,(H,14,15). The highest BCUT2D eigenvalue weighted by atomic mass is 32.2. The van der Waals surface area contributed by atoms with E-state index in [2.05, 4.69) is 0 Å². The summed E-state index contributed by atoms with van der Waals surface area (Å²) in [6.07, 6.45) is 1.02. The topological polar surface area (TPSA) is 109 Å². The van der Waals surface area contributed by atoms with Gasteiger partial charge in [-0.2, -0.15) is 4.31 Å². The average molecular weight is 335 g/mol. The Morgan fingerprint density at radius 1 is 1.24 bits per heavy atom. The molecule has 1 aromatic carbocycles. The van der Waals surface area contributed by atoms with Gasteiger partial charge in [-0.05, 0) is 24.6 Å². The maximum Gasteiger partial charge on any atom is 0.335 e. The van der Waals surface area contributed by atoms with Crippen molar-refractivity contribution in [3.63, 3.8) is 0 Å². The summed E-state index contributed by atoms with van der Waals surface area (Å²) in [6.45, 7) is 1.35. The van der Waals surface area contributed by atoms with Gasteiger partial charge in [-0.15, -0.1) is 0 Å². The van der Waals surface area contributed by atoms with Crippen molar-refractivity contribution in [2.75, 3.05) is 25.6 Å². The largest absolute Gasteiger partial charge is 0.478 e. The first-order valence-electron chi connectivity index (χ1n) is 5.93. The van der Waals surface area contributed by atoms with Crippen LogP contribution in [0.4, 0.5) is 0 Å². The second-order valence-corrected chi connectivity index (χ2v) is 9.01. The second kappa shape index (κ2) is 6.12. The number of benzene rings is 1. The average Bonchev–Trinajstić information content (AvgIpc) is 2.34. The van der Waals surface area contributed by atoms with Crippen LogP contribution < -0.4 is 0 Å². The van der Waals surface area contributed by atoms with E-state index in [0.29, 0.717) is 5.56 Å². The van der Waals surface area contributed by atoms with Crippen molar-refractivity contribution in [3.05, 3.63) is 29.3 Å². The van der Waals surface area contributed by atoms with E-state index in [-0.39, 0.29) is 22.8 Å². The molecule has 0 aliphatic heterocycles. The zero-order valence-corrected chi connectivity index (χ0v) is 13.5. The summed E-state index contributed by atoms with van der Waals surface area (Å²) in [4.78, 5) is 10.8. The molecule has 0 fully saturated rings. The number of aromatic carboxylic acids is 1. The summed E-state index contributed by atoms with van der Waals surface area (Å²) in [5.74, 6) is -1.54. The normalized spacial score (nSPS) is 12.6. The molecule has 0 unspecified atom stereocenters. The van der Waals surface area contributed by atoms with Crippen LogP contribution in [0.3, 0.4) is 0 Å². The fourth-order valence-corrected chi connectivity index (χ4v) is 3.73. The monoisotopic (exact) mass is 335 g/mol. The highest BCUT2D eigenvalue weighted by Gasteiger charge is 2.24. The number of aryl methyl sites for hydroxylation is 1. The predicted octanol–water partition coefficient (Wildman–Crippen LogP) is 0.358. The molecule has 0 atom stereocenters. The molecule has 0 heterocycles. The van der Waals surface area contributed by atoms with E-state index in [1.54, 1.807) is 6.92 Å². The number of sulfonamides is 1. The number of carboxylic acids is 1. The van der Waals surface area contributed by atoms with Crippen LogP contribution in [0.1, 0.15) is 15.9 Å². The van der Waals surface area contributed by atoms with Crippen LogP contribution in [-0.2, 0) is 19.9 Å². The number of nitrogens with zero attached hydrogens (tertiary/aromatic N) is 1. The van der Waals surface area contributed by atoms with Gasteiger partial charge in [-0.1, -0.05) is 6.07 Å². The molecule has 0 amide bonds. The van der Waals surface area contributed by atoms with E-state index >= 15 is 0 Å². The van der Waals surface area contributed by atoms with Crippen molar-refractivity contribution < 1.29 is 26.7 Å². The van der Waals surface area contributed by atoms with Crippen molar-refractivity contribution >= 4 is 25.8 Å². The van der Waals surface area contributed by atoms with Crippen LogP contribution in [0.5, 0.6) is 0 Å². The van der Waals surface area contributed by atoms with E-state index in [0.717, 1.165) is 16.6 Å². The minimum absolute atomic E-state index is 0.140. The lowest BCUT2D eigenvalue weighted by Gasteiger charge is -2.18. The maximum absolute atomic E-state index is 12.4. The molecule has 0 aromatic heterocycles. The van der Waals surface area contributed by atoms with Gasteiger partial charge in [0.2, 0.25) is 10.0 Å². The van der Waals surface area contributed by atoms with Crippen LogP contribution in [0.2, 0.25) is 0 Å². The van der Waals surface area contributed by atoms with Gasteiger partial charge in [0.1, 0.15) is 9.84 Å². The molecule has 0 radical (unpaired) electrons. The van der Waals surface area contributed by atoms with E-state index in [9.17, 15) is 21.6 Å². The first kappa shape index (κ1) is 17.6. The van der Waals surface area contributed by atoms with Crippen molar-refractivity contribution in [2.24, 2.45) is 0 Å². The minimum atomic E-state index is -3.94. The lowest BCUT2D eigenvalue weighted by molar-refractivity contribution is 0.0696. The molecular weight excluding hydrogens is 318 g/mol. The minimum Gasteiger partial charge on any atom is -0.478 e. The maximum atomic E-state index is 12.4. The van der Waals surface area contributed by atoms with Crippen LogP contribution in [0.25, 0.3) is 0 Å². The summed E-state index contributed by atoms with van der Waals surface area (Å²) < 4.78 is 47.9. The zero-order valence-electron chi connectivity index (χ0n) is 11.9. The molecule has 0 aliphatic rings. The molecule has 0 saturated carbocycles. The van der Waals surface area contributed by atoms with Gasteiger partial charge < -0.3 is 5.11 Å². The van der Waals surface area contributed by atoms with Crippen LogP contribution in [-0.4, -0.2) is 57.8 Å². The van der Waals surface area contributed by atoms with Gasteiger partial charge in [0.05, 0.1) is 16.2 Å². The zero-order chi connectivity index (χ0) is 16.4. The van der Waals surface area contributed by atoms with Crippen molar-refractivity contribution in [1.82, 2.24) is 4.31 Å². The predicted molar refractivity (Wildman–Crippen MR) is 77.7 cm³/mol. The van der Waals surface area contributed by atoms with Crippen LogP contribution >= 0.6 is 0 Å². The lowest BCUT2D eigenvalue weighted by Crippen LogP contribution is -2.32. The molecule has 1 rings (SSSR count). The molecule has 21 heavy (non-hydrogen) atoms. The molecule has 1 N–H and O–H groups in total. The molecule has 9 heteroatoms. The van der Waals surface area contributed by atoms with E-state index in [1.807, 2.05) is 0 Å². The van der Waals surface area contributed by atoms with Crippen LogP contribution in [0, 0.1) is 6.92 Å². The molecule has 0 aliphatic carbocycles. The van der Waals surface area contributed by atoms with E-state index < -0.39 is 25.8 Å². The summed E-state index contributed by atoms with van der Waals surface area (Å²) >= 11 is 0. The second-order valence-electron chi connectivity index (χ2n) is 4.74. The van der Waals surface area contributed by atoms with Crippen molar-refractivity contribution in [1.29, 1.82) is 0 Å². The highest BCUT2D eigenvalue weighted by Crippen LogP contribution is 2.20. The van der Waals surface area contributed by atoms with Gasteiger partial charge in [0.25, 0.3) is 0 Å². The number of sulfone groups is 1. The SMILES string of the molecule is Cc1ccc(C(=O)O)cc1S(=O)(=O)N(C)CCS(C)(=O)=O. The summed E-state index contributed by atoms with van der Waals surface area (Å²) in [7, 11) is -5.98. The quantitative estimate of drug-likeness (QED) is 0.804. The Labute approximate surface area is 124 Å². The first-order chi connectivity index (χ1) is 9.45. The van der Waals surface area contributed by atoms with E-state index in [1.165, 1.54) is 19.2 Å². The smallest absolute Gasteiger partial charge is 0.335 e.